The van der Waals surface area contributed by atoms with Gasteiger partial charge in [0, 0.05) is 0 Å². The fraction of sp³-hybridized carbons (Fsp3) is 0.833. The molecule has 2 N–H and O–H groups in total. The van der Waals surface area contributed by atoms with Crippen LogP contribution in [0, 0.1) is 5.92 Å². The fourth-order valence-electron chi connectivity index (χ4n) is 4.15. The van der Waals surface area contributed by atoms with Crippen molar-refractivity contribution in [2.45, 2.75) is 70.3 Å². The van der Waals surface area contributed by atoms with E-state index >= 15 is 0 Å². The fourth-order valence-corrected chi connectivity index (χ4v) is 4.15. The SMILES string of the molecule is CC1CCC2(CC1)NC(=O)N(NC(=O)CN1CCCCCCC1)C2=O. The summed E-state index contributed by atoms with van der Waals surface area (Å²) in [5.41, 5.74) is 1.73. The molecule has 0 aromatic heterocycles. The minimum Gasteiger partial charge on any atom is -0.322 e. The Morgan fingerprint density at radius 3 is 2.36 bits per heavy atom. The first-order valence-corrected chi connectivity index (χ1v) is 9.69. The molecule has 140 valence electrons. The zero-order valence-corrected chi connectivity index (χ0v) is 15.2. The molecule has 0 radical (unpaired) electrons. The van der Waals surface area contributed by atoms with Crippen molar-refractivity contribution in [3.63, 3.8) is 0 Å². The van der Waals surface area contributed by atoms with Crippen LogP contribution in [-0.4, -0.2) is 52.9 Å². The Morgan fingerprint density at radius 2 is 1.72 bits per heavy atom. The normalized spacial score (nSPS) is 31.6. The number of carbonyl (C=O) groups excluding carboxylic acids is 3. The highest BCUT2D eigenvalue weighted by atomic mass is 16.2. The third kappa shape index (κ3) is 4.14. The standard InChI is InChI=1S/C18H30N4O3/c1-14-7-9-18(10-8-14)16(24)22(17(25)19-18)20-15(23)13-21-11-5-3-2-4-6-12-21/h14H,2-13H2,1H3,(H,19,25)(H,20,23). The molecule has 0 aromatic rings. The highest BCUT2D eigenvalue weighted by Crippen LogP contribution is 2.35. The Morgan fingerprint density at radius 1 is 1.12 bits per heavy atom. The molecule has 25 heavy (non-hydrogen) atoms. The van der Waals surface area contributed by atoms with Gasteiger partial charge in [-0.3, -0.25) is 19.9 Å². The van der Waals surface area contributed by atoms with E-state index in [1.807, 2.05) is 0 Å². The number of likely N-dealkylation sites (tertiary alicyclic amines) is 1. The van der Waals surface area contributed by atoms with Gasteiger partial charge < -0.3 is 5.32 Å². The first kappa shape index (κ1) is 18.2. The smallest absolute Gasteiger partial charge is 0.322 e. The van der Waals surface area contributed by atoms with Gasteiger partial charge in [0.25, 0.3) is 11.8 Å². The summed E-state index contributed by atoms with van der Waals surface area (Å²) in [4.78, 5) is 39.4. The van der Waals surface area contributed by atoms with Gasteiger partial charge in [-0.2, -0.15) is 5.01 Å². The van der Waals surface area contributed by atoms with Crippen molar-refractivity contribution >= 4 is 17.8 Å². The number of hydrazine groups is 1. The van der Waals surface area contributed by atoms with Gasteiger partial charge in [-0.25, -0.2) is 4.79 Å². The highest BCUT2D eigenvalue weighted by molar-refractivity contribution is 6.08. The Hall–Kier alpha value is -1.63. The van der Waals surface area contributed by atoms with Crippen molar-refractivity contribution in [1.82, 2.24) is 20.7 Å². The monoisotopic (exact) mass is 350 g/mol. The lowest BCUT2D eigenvalue weighted by atomic mass is 9.77. The summed E-state index contributed by atoms with van der Waals surface area (Å²) in [5.74, 6) is -0.0122. The minimum atomic E-state index is -0.808. The van der Waals surface area contributed by atoms with Crippen LogP contribution >= 0.6 is 0 Å². The molecular formula is C18H30N4O3. The molecule has 2 aliphatic heterocycles. The van der Waals surface area contributed by atoms with E-state index in [1.54, 1.807) is 0 Å². The van der Waals surface area contributed by atoms with Gasteiger partial charge in [-0.05, 0) is 57.5 Å². The maximum Gasteiger partial charge on any atom is 0.344 e. The number of hydrogen-bond donors (Lipinski definition) is 2. The van der Waals surface area contributed by atoms with E-state index in [-0.39, 0.29) is 18.4 Å². The average molecular weight is 350 g/mol. The van der Waals surface area contributed by atoms with Crippen molar-refractivity contribution in [3.8, 4) is 0 Å². The third-order valence-corrected chi connectivity index (χ3v) is 5.84. The van der Waals surface area contributed by atoms with Gasteiger partial charge in [0.05, 0.1) is 6.54 Å². The average Bonchev–Trinajstić information content (AvgIpc) is 2.77. The van der Waals surface area contributed by atoms with Gasteiger partial charge in [0.15, 0.2) is 0 Å². The molecule has 2 saturated heterocycles. The van der Waals surface area contributed by atoms with Crippen molar-refractivity contribution in [2.75, 3.05) is 19.6 Å². The zero-order valence-electron chi connectivity index (χ0n) is 15.2. The van der Waals surface area contributed by atoms with E-state index < -0.39 is 11.6 Å². The lowest BCUT2D eigenvalue weighted by molar-refractivity contribution is -0.140. The second-order valence-electron chi connectivity index (χ2n) is 7.91. The highest BCUT2D eigenvalue weighted by Gasteiger charge is 2.52. The van der Waals surface area contributed by atoms with Gasteiger partial charge in [0.1, 0.15) is 5.54 Å². The van der Waals surface area contributed by atoms with Crippen molar-refractivity contribution in [3.05, 3.63) is 0 Å². The number of carbonyl (C=O) groups is 3. The van der Waals surface area contributed by atoms with E-state index in [1.165, 1.54) is 19.3 Å². The number of urea groups is 1. The summed E-state index contributed by atoms with van der Waals surface area (Å²) in [6, 6.07) is -0.499. The quantitative estimate of drug-likeness (QED) is 0.760. The largest absolute Gasteiger partial charge is 0.344 e. The van der Waals surface area contributed by atoms with Crippen LogP contribution in [0.5, 0.6) is 0 Å². The third-order valence-electron chi connectivity index (χ3n) is 5.84. The van der Waals surface area contributed by atoms with Crippen LogP contribution in [0.4, 0.5) is 4.79 Å². The second kappa shape index (κ2) is 7.72. The van der Waals surface area contributed by atoms with Crippen LogP contribution in [0.15, 0.2) is 0 Å². The Bertz CT molecular complexity index is 520. The predicted molar refractivity (Wildman–Crippen MR) is 93.4 cm³/mol. The summed E-state index contributed by atoms with van der Waals surface area (Å²) in [7, 11) is 0. The lowest BCUT2D eigenvalue weighted by Crippen LogP contribution is -2.53. The molecule has 3 fully saturated rings. The molecule has 3 aliphatic rings. The molecule has 0 atom stereocenters. The van der Waals surface area contributed by atoms with Gasteiger partial charge in [-0.1, -0.05) is 26.2 Å². The molecule has 0 aromatic carbocycles. The molecule has 0 bridgehead atoms. The van der Waals surface area contributed by atoms with Crippen molar-refractivity contribution in [2.24, 2.45) is 5.92 Å². The van der Waals surface area contributed by atoms with Crippen LogP contribution in [0.25, 0.3) is 0 Å². The van der Waals surface area contributed by atoms with Gasteiger partial charge in [0.2, 0.25) is 0 Å². The van der Waals surface area contributed by atoms with E-state index in [4.69, 9.17) is 0 Å². The number of hydrogen-bond acceptors (Lipinski definition) is 4. The van der Waals surface area contributed by atoms with E-state index in [0.717, 1.165) is 43.8 Å². The molecule has 1 saturated carbocycles. The summed E-state index contributed by atoms with van der Waals surface area (Å²) in [6.45, 7) is 4.20. The number of imide groups is 1. The molecule has 0 unspecified atom stereocenters. The molecule has 2 heterocycles. The van der Waals surface area contributed by atoms with Crippen LogP contribution in [0.2, 0.25) is 0 Å². The number of nitrogens with one attached hydrogen (secondary N) is 2. The minimum absolute atomic E-state index is 0.237. The van der Waals surface area contributed by atoms with E-state index in [2.05, 4.69) is 22.6 Å². The summed E-state index contributed by atoms with van der Waals surface area (Å²) < 4.78 is 0. The number of nitrogens with zero attached hydrogens (tertiary/aromatic N) is 2. The Kier molecular flexibility index (Phi) is 5.61. The van der Waals surface area contributed by atoms with Crippen molar-refractivity contribution in [1.29, 1.82) is 0 Å². The first-order chi connectivity index (χ1) is 12.0. The number of amides is 4. The van der Waals surface area contributed by atoms with Crippen LogP contribution in [0.1, 0.15) is 64.7 Å². The lowest BCUT2D eigenvalue weighted by Gasteiger charge is -2.33. The molecule has 7 nitrogen and oxygen atoms in total. The molecule has 1 spiro atoms. The van der Waals surface area contributed by atoms with Crippen LogP contribution < -0.4 is 10.7 Å². The second-order valence-corrected chi connectivity index (χ2v) is 7.91. The van der Waals surface area contributed by atoms with E-state index in [9.17, 15) is 14.4 Å². The van der Waals surface area contributed by atoms with Gasteiger partial charge >= 0.3 is 6.03 Å². The van der Waals surface area contributed by atoms with Crippen LogP contribution in [0.3, 0.4) is 0 Å². The molecule has 7 heteroatoms. The maximum absolute atomic E-state index is 12.7. The van der Waals surface area contributed by atoms with E-state index in [0.29, 0.717) is 18.8 Å². The Balaban J connectivity index is 1.55. The number of rotatable bonds is 3. The summed E-state index contributed by atoms with van der Waals surface area (Å²) in [5, 5.41) is 3.73. The molecule has 4 amide bonds. The maximum atomic E-state index is 12.7. The van der Waals surface area contributed by atoms with Gasteiger partial charge in [-0.15, -0.1) is 0 Å². The summed E-state index contributed by atoms with van der Waals surface area (Å²) in [6.07, 6.45) is 8.99. The molecule has 1 aliphatic carbocycles. The molecule has 3 rings (SSSR count). The van der Waals surface area contributed by atoms with Crippen molar-refractivity contribution < 1.29 is 14.4 Å². The zero-order chi connectivity index (χ0) is 17.9. The first-order valence-electron chi connectivity index (χ1n) is 9.69. The topological polar surface area (TPSA) is 81.8 Å². The Labute approximate surface area is 149 Å². The molecular weight excluding hydrogens is 320 g/mol. The van der Waals surface area contributed by atoms with Crippen LogP contribution in [-0.2, 0) is 9.59 Å². The predicted octanol–water partition coefficient (Wildman–Crippen LogP) is 1.78. The summed E-state index contributed by atoms with van der Waals surface area (Å²) >= 11 is 0.